The van der Waals surface area contributed by atoms with Crippen LogP contribution < -0.4 is 5.32 Å². The molecule has 0 spiro atoms. The second-order valence-corrected chi connectivity index (χ2v) is 5.16. The van der Waals surface area contributed by atoms with Gasteiger partial charge in [-0.05, 0) is 24.5 Å². The Kier molecular flexibility index (Phi) is 5.36. The molecule has 0 aliphatic heterocycles. The lowest BCUT2D eigenvalue weighted by atomic mass is 10.1. The minimum Gasteiger partial charge on any atom is -0.340 e. The number of nitrogens with one attached hydrogen (secondary N) is 1. The van der Waals surface area contributed by atoms with E-state index in [2.05, 4.69) is 47.3 Å². The zero-order chi connectivity index (χ0) is 14.4. The predicted molar refractivity (Wildman–Crippen MR) is 84.8 cm³/mol. The van der Waals surface area contributed by atoms with E-state index in [1.54, 1.807) is 6.07 Å². The number of hydrogen-bond acceptors (Lipinski definition) is 3. The minimum absolute atomic E-state index is 0.485. The van der Waals surface area contributed by atoms with Crippen molar-refractivity contribution >= 4 is 23.1 Å². The second-order valence-electron chi connectivity index (χ2n) is 4.77. The zero-order valence-corrected chi connectivity index (χ0v) is 12.7. The molecule has 0 radical (unpaired) electrons. The first kappa shape index (κ1) is 14.8. The molecule has 0 aliphatic rings. The molecule has 0 aliphatic carbocycles. The van der Waals surface area contributed by atoms with Gasteiger partial charge < -0.3 is 5.32 Å². The van der Waals surface area contributed by atoms with E-state index in [4.69, 9.17) is 11.6 Å². The molecule has 1 N–H and O–H groups in total. The highest BCUT2D eigenvalue weighted by Gasteiger charge is 2.06. The van der Waals surface area contributed by atoms with Crippen LogP contribution in [0.5, 0.6) is 0 Å². The number of rotatable bonds is 6. The molecule has 0 unspecified atom stereocenters. The van der Waals surface area contributed by atoms with Crippen LogP contribution in [0.4, 0.5) is 11.5 Å². The van der Waals surface area contributed by atoms with Gasteiger partial charge in [-0.25, -0.2) is 9.97 Å². The molecular weight excluding hydrogens is 270 g/mol. The third kappa shape index (κ3) is 3.94. The SMILES string of the molecule is CCCc1nc(Cl)cc(Nc2ccccc2CCC)n1. The van der Waals surface area contributed by atoms with Gasteiger partial charge in [0.2, 0.25) is 0 Å². The van der Waals surface area contributed by atoms with Crippen LogP contribution in [0, 0.1) is 0 Å². The molecular formula is C16H20ClN3. The molecule has 1 aromatic carbocycles. The third-order valence-corrected chi connectivity index (χ3v) is 3.21. The average molecular weight is 290 g/mol. The number of aryl methyl sites for hydroxylation is 2. The van der Waals surface area contributed by atoms with E-state index in [0.29, 0.717) is 5.15 Å². The number of nitrogens with zero attached hydrogens (tertiary/aromatic N) is 2. The predicted octanol–water partition coefficient (Wildman–Crippen LogP) is 4.78. The van der Waals surface area contributed by atoms with Crippen LogP contribution >= 0.6 is 11.6 Å². The van der Waals surface area contributed by atoms with Gasteiger partial charge >= 0.3 is 0 Å². The number of benzene rings is 1. The standard InChI is InChI=1S/C16H20ClN3/c1-3-7-12-9-5-6-10-13(12)18-16-11-14(17)19-15(20-16)8-4-2/h5-6,9-11H,3-4,7-8H2,1-2H3,(H,18,19,20). The fraction of sp³-hybridized carbons (Fsp3) is 0.375. The topological polar surface area (TPSA) is 37.8 Å². The Morgan fingerprint density at radius 3 is 2.55 bits per heavy atom. The first-order valence-electron chi connectivity index (χ1n) is 7.11. The smallest absolute Gasteiger partial charge is 0.135 e. The molecule has 0 bridgehead atoms. The van der Waals surface area contributed by atoms with Gasteiger partial charge in [-0.2, -0.15) is 0 Å². The molecule has 0 amide bonds. The summed E-state index contributed by atoms with van der Waals surface area (Å²) in [6.07, 6.45) is 4.01. The van der Waals surface area contributed by atoms with E-state index in [1.165, 1.54) is 5.56 Å². The number of aromatic nitrogens is 2. The van der Waals surface area contributed by atoms with Gasteiger partial charge in [0.05, 0.1) is 0 Å². The van der Waals surface area contributed by atoms with E-state index in [0.717, 1.165) is 43.0 Å². The Morgan fingerprint density at radius 1 is 1.05 bits per heavy atom. The highest BCUT2D eigenvalue weighted by Crippen LogP contribution is 2.22. The molecule has 2 aromatic rings. The van der Waals surface area contributed by atoms with E-state index in [-0.39, 0.29) is 0 Å². The van der Waals surface area contributed by atoms with E-state index in [1.807, 2.05) is 6.07 Å². The van der Waals surface area contributed by atoms with Crippen molar-refractivity contribution in [1.29, 1.82) is 0 Å². The highest BCUT2D eigenvalue weighted by atomic mass is 35.5. The van der Waals surface area contributed by atoms with Crippen LogP contribution in [0.1, 0.15) is 38.1 Å². The molecule has 0 saturated heterocycles. The summed E-state index contributed by atoms with van der Waals surface area (Å²) in [6, 6.07) is 10.1. The summed E-state index contributed by atoms with van der Waals surface area (Å²) in [5.41, 5.74) is 2.38. The number of halogens is 1. The first-order valence-corrected chi connectivity index (χ1v) is 7.49. The van der Waals surface area contributed by atoms with Crippen molar-refractivity contribution in [3.05, 3.63) is 46.9 Å². The summed E-state index contributed by atoms with van der Waals surface area (Å²) in [4.78, 5) is 8.75. The molecule has 1 aromatic heterocycles. The fourth-order valence-corrected chi connectivity index (χ4v) is 2.33. The van der Waals surface area contributed by atoms with Gasteiger partial charge in [-0.15, -0.1) is 0 Å². The lowest BCUT2D eigenvalue weighted by Gasteiger charge is -2.11. The summed E-state index contributed by atoms with van der Waals surface area (Å²) in [5, 5.41) is 3.85. The lowest BCUT2D eigenvalue weighted by Crippen LogP contribution is -2.02. The van der Waals surface area contributed by atoms with Crippen molar-refractivity contribution in [1.82, 2.24) is 9.97 Å². The Balaban J connectivity index is 2.25. The minimum atomic E-state index is 0.485. The Labute approximate surface area is 125 Å². The third-order valence-electron chi connectivity index (χ3n) is 3.01. The Hall–Kier alpha value is -1.61. The van der Waals surface area contributed by atoms with Gasteiger partial charge in [0.15, 0.2) is 0 Å². The quantitative estimate of drug-likeness (QED) is 0.778. The van der Waals surface area contributed by atoms with Crippen molar-refractivity contribution in [3.63, 3.8) is 0 Å². The molecule has 2 rings (SSSR count). The van der Waals surface area contributed by atoms with E-state index < -0.39 is 0 Å². The molecule has 20 heavy (non-hydrogen) atoms. The normalized spacial score (nSPS) is 10.6. The Morgan fingerprint density at radius 2 is 1.80 bits per heavy atom. The lowest BCUT2D eigenvalue weighted by molar-refractivity contribution is 0.836. The molecule has 4 heteroatoms. The van der Waals surface area contributed by atoms with Crippen LogP contribution in [0.2, 0.25) is 5.15 Å². The largest absolute Gasteiger partial charge is 0.340 e. The van der Waals surface area contributed by atoms with Crippen LogP contribution in [-0.4, -0.2) is 9.97 Å². The van der Waals surface area contributed by atoms with Crippen molar-refractivity contribution in [2.45, 2.75) is 39.5 Å². The fourth-order valence-electron chi connectivity index (χ4n) is 2.13. The average Bonchev–Trinajstić information content (AvgIpc) is 2.41. The maximum atomic E-state index is 6.06. The zero-order valence-electron chi connectivity index (χ0n) is 12.0. The van der Waals surface area contributed by atoms with Gasteiger partial charge in [0.25, 0.3) is 0 Å². The Bertz CT molecular complexity index is 569. The monoisotopic (exact) mass is 289 g/mol. The molecule has 3 nitrogen and oxygen atoms in total. The summed E-state index contributed by atoms with van der Waals surface area (Å²) >= 11 is 6.06. The molecule has 1 heterocycles. The van der Waals surface area contributed by atoms with Crippen LogP contribution in [-0.2, 0) is 12.8 Å². The van der Waals surface area contributed by atoms with Gasteiger partial charge in [-0.1, -0.05) is 50.1 Å². The summed E-state index contributed by atoms with van der Waals surface area (Å²) < 4.78 is 0. The second kappa shape index (κ2) is 7.25. The van der Waals surface area contributed by atoms with Crippen LogP contribution in [0.25, 0.3) is 0 Å². The molecule has 0 fully saturated rings. The summed E-state index contributed by atoms with van der Waals surface area (Å²) in [5.74, 6) is 1.55. The maximum Gasteiger partial charge on any atom is 0.135 e. The highest BCUT2D eigenvalue weighted by molar-refractivity contribution is 6.29. The first-order chi connectivity index (χ1) is 9.72. The van der Waals surface area contributed by atoms with E-state index >= 15 is 0 Å². The van der Waals surface area contributed by atoms with Gasteiger partial charge in [0, 0.05) is 18.2 Å². The van der Waals surface area contributed by atoms with E-state index in [9.17, 15) is 0 Å². The maximum absolute atomic E-state index is 6.06. The van der Waals surface area contributed by atoms with Crippen molar-refractivity contribution in [3.8, 4) is 0 Å². The summed E-state index contributed by atoms with van der Waals surface area (Å²) in [6.45, 7) is 4.28. The van der Waals surface area contributed by atoms with Crippen molar-refractivity contribution in [2.75, 3.05) is 5.32 Å². The van der Waals surface area contributed by atoms with Crippen LogP contribution in [0.3, 0.4) is 0 Å². The molecule has 106 valence electrons. The number of hydrogen-bond donors (Lipinski definition) is 1. The van der Waals surface area contributed by atoms with Crippen molar-refractivity contribution in [2.24, 2.45) is 0 Å². The van der Waals surface area contributed by atoms with Crippen molar-refractivity contribution < 1.29 is 0 Å². The number of para-hydroxylation sites is 1. The van der Waals surface area contributed by atoms with Gasteiger partial charge in [-0.3, -0.25) is 0 Å². The molecule has 0 atom stereocenters. The number of anilines is 2. The summed E-state index contributed by atoms with van der Waals surface area (Å²) in [7, 11) is 0. The van der Waals surface area contributed by atoms with Gasteiger partial charge in [0.1, 0.15) is 16.8 Å². The molecule has 0 saturated carbocycles. The van der Waals surface area contributed by atoms with Crippen LogP contribution in [0.15, 0.2) is 30.3 Å².